The van der Waals surface area contributed by atoms with Gasteiger partial charge in [-0.1, -0.05) is 41.4 Å². The second kappa shape index (κ2) is 11.6. The number of piperidine rings is 1. The highest BCUT2D eigenvalue weighted by molar-refractivity contribution is 8.00. The third-order valence-electron chi connectivity index (χ3n) is 6.00. The summed E-state index contributed by atoms with van der Waals surface area (Å²) in [7, 11) is 1.64. The molecule has 1 aliphatic heterocycles. The standard InChI is InChI=1S/C24H28Cl2N6O2S/c1-15(31-11-5-4-6-12-31)22-29-30-24(32(22)18-7-9-19(34-3)10-8-18)35-16(2)23(33)28-21-20(26)13-17(25)14-27-21/h7-10,13-16H,4-6,11-12H2,1-3H3,(H,27,28,33)/t15-,16+/m0/s1. The number of nitrogens with one attached hydrogen (secondary N) is 1. The van der Waals surface area contributed by atoms with E-state index in [1.807, 2.05) is 35.8 Å². The van der Waals surface area contributed by atoms with Crippen LogP contribution in [0.4, 0.5) is 5.82 Å². The number of hydrogen-bond donors (Lipinski definition) is 1. The summed E-state index contributed by atoms with van der Waals surface area (Å²) in [4.78, 5) is 19.5. The lowest BCUT2D eigenvalue weighted by Gasteiger charge is -2.32. The topological polar surface area (TPSA) is 85.2 Å². The van der Waals surface area contributed by atoms with Crippen molar-refractivity contribution in [3.8, 4) is 11.4 Å². The molecule has 4 rings (SSSR count). The molecule has 35 heavy (non-hydrogen) atoms. The van der Waals surface area contributed by atoms with Crippen LogP contribution in [-0.2, 0) is 4.79 Å². The number of amides is 1. The predicted molar refractivity (Wildman–Crippen MR) is 140 cm³/mol. The molecule has 1 aromatic carbocycles. The van der Waals surface area contributed by atoms with Crippen LogP contribution in [0.15, 0.2) is 41.7 Å². The first kappa shape index (κ1) is 25.8. The number of hydrogen-bond acceptors (Lipinski definition) is 7. The van der Waals surface area contributed by atoms with Gasteiger partial charge in [0.2, 0.25) is 5.91 Å². The molecule has 0 bridgehead atoms. The predicted octanol–water partition coefficient (Wildman–Crippen LogP) is 5.64. The van der Waals surface area contributed by atoms with Crippen LogP contribution in [0, 0.1) is 0 Å². The third-order valence-corrected chi connectivity index (χ3v) is 7.54. The lowest BCUT2D eigenvalue weighted by Crippen LogP contribution is -2.33. The van der Waals surface area contributed by atoms with Crippen LogP contribution in [0.3, 0.4) is 0 Å². The quantitative estimate of drug-likeness (QED) is 0.374. The molecule has 0 unspecified atom stereocenters. The number of anilines is 1. The van der Waals surface area contributed by atoms with Gasteiger partial charge in [0.15, 0.2) is 16.8 Å². The normalized spacial score (nSPS) is 16.0. The second-order valence-electron chi connectivity index (χ2n) is 8.38. The highest BCUT2D eigenvalue weighted by atomic mass is 35.5. The van der Waals surface area contributed by atoms with Crippen LogP contribution >= 0.6 is 35.0 Å². The van der Waals surface area contributed by atoms with E-state index in [1.54, 1.807) is 7.11 Å². The van der Waals surface area contributed by atoms with Gasteiger partial charge in [-0.2, -0.15) is 0 Å². The average Bonchev–Trinajstić information content (AvgIpc) is 3.29. The summed E-state index contributed by atoms with van der Waals surface area (Å²) in [6.45, 7) is 6.04. The van der Waals surface area contributed by atoms with E-state index in [0.29, 0.717) is 10.2 Å². The summed E-state index contributed by atoms with van der Waals surface area (Å²) < 4.78 is 7.36. The van der Waals surface area contributed by atoms with Gasteiger partial charge in [-0.15, -0.1) is 10.2 Å². The first-order valence-electron chi connectivity index (χ1n) is 11.5. The van der Waals surface area contributed by atoms with Gasteiger partial charge < -0.3 is 10.1 Å². The fraction of sp³-hybridized carbons (Fsp3) is 0.417. The Balaban J connectivity index is 1.60. The minimum absolute atomic E-state index is 0.0838. The van der Waals surface area contributed by atoms with Gasteiger partial charge in [-0.05, 0) is 70.1 Å². The number of ether oxygens (including phenoxy) is 1. The van der Waals surface area contributed by atoms with Gasteiger partial charge in [0, 0.05) is 11.9 Å². The van der Waals surface area contributed by atoms with E-state index in [4.69, 9.17) is 27.9 Å². The monoisotopic (exact) mass is 534 g/mol. The molecule has 0 aliphatic carbocycles. The minimum Gasteiger partial charge on any atom is -0.497 e. The number of benzene rings is 1. The molecular weight excluding hydrogens is 507 g/mol. The molecule has 1 fully saturated rings. The summed E-state index contributed by atoms with van der Waals surface area (Å²) >= 11 is 13.4. The highest BCUT2D eigenvalue weighted by Crippen LogP contribution is 2.32. The lowest BCUT2D eigenvalue weighted by molar-refractivity contribution is -0.115. The molecule has 2 aromatic heterocycles. The number of thioether (sulfide) groups is 1. The van der Waals surface area contributed by atoms with E-state index in [9.17, 15) is 4.79 Å². The molecule has 3 aromatic rings. The molecule has 1 aliphatic rings. The van der Waals surface area contributed by atoms with Crippen molar-refractivity contribution in [1.29, 1.82) is 0 Å². The van der Waals surface area contributed by atoms with Crippen molar-refractivity contribution in [3.63, 3.8) is 0 Å². The number of likely N-dealkylation sites (tertiary alicyclic amines) is 1. The Morgan fingerprint density at radius 3 is 2.49 bits per heavy atom. The van der Waals surface area contributed by atoms with Gasteiger partial charge in [-0.25, -0.2) is 4.98 Å². The molecule has 0 spiro atoms. The van der Waals surface area contributed by atoms with Gasteiger partial charge in [0.05, 0.1) is 28.4 Å². The maximum Gasteiger partial charge on any atom is 0.238 e. The van der Waals surface area contributed by atoms with Gasteiger partial charge >= 0.3 is 0 Å². The molecule has 1 saturated heterocycles. The van der Waals surface area contributed by atoms with Crippen molar-refractivity contribution in [3.05, 3.63) is 52.4 Å². The Morgan fingerprint density at radius 2 is 1.83 bits per heavy atom. The van der Waals surface area contributed by atoms with E-state index >= 15 is 0 Å². The van der Waals surface area contributed by atoms with Crippen molar-refractivity contribution in [1.82, 2.24) is 24.6 Å². The van der Waals surface area contributed by atoms with Crippen LogP contribution in [0.1, 0.15) is 45.0 Å². The molecule has 186 valence electrons. The summed E-state index contributed by atoms with van der Waals surface area (Å²) in [6, 6.07) is 9.38. The Hall–Kier alpha value is -2.33. The average molecular weight is 536 g/mol. The Kier molecular flexibility index (Phi) is 8.54. The number of carbonyl (C=O) groups excluding carboxylic acids is 1. The van der Waals surface area contributed by atoms with E-state index in [1.165, 1.54) is 43.3 Å². The molecule has 3 heterocycles. The number of methoxy groups -OCH3 is 1. The van der Waals surface area contributed by atoms with Crippen LogP contribution in [-0.4, -0.2) is 56.0 Å². The fourth-order valence-electron chi connectivity index (χ4n) is 4.01. The number of carbonyl (C=O) groups is 1. The van der Waals surface area contributed by atoms with Crippen LogP contribution < -0.4 is 10.1 Å². The van der Waals surface area contributed by atoms with E-state index < -0.39 is 5.25 Å². The smallest absolute Gasteiger partial charge is 0.238 e. The molecule has 1 N–H and O–H groups in total. The molecule has 8 nitrogen and oxygen atoms in total. The van der Waals surface area contributed by atoms with E-state index in [-0.39, 0.29) is 22.8 Å². The number of halogens is 2. The zero-order valence-corrected chi connectivity index (χ0v) is 22.2. The van der Waals surface area contributed by atoms with Crippen molar-refractivity contribution in [2.24, 2.45) is 0 Å². The first-order chi connectivity index (χ1) is 16.9. The highest BCUT2D eigenvalue weighted by Gasteiger charge is 2.27. The van der Waals surface area contributed by atoms with Crippen molar-refractivity contribution in [2.45, 2.75) is 49.6 Å². The van der Waals surface area contributed by atoms with Gasteiger partial charge in [-0.3, -0.25) is 14.3 Å². The summed E-state index contributed by atoms with van der Waals surface area (Å²) in [5.74, 6) is 1.63. The molecule has 11 heteroatoms. The maximum absolute atomic E-state index is 12.9. The number of rotatable bonds is 8. The van der Waals surface area contributed by atoms with E-state index in [0.717, 1.165) is 30.4 Å². The number of aromatic nitrogens is 4. The summed E-state index contributed by atoms with van der Waals surface area (Å²) in [6.07, 6.45) is 5.06. The fourth-order valence-corrected chi connectivity index (χ4v) is 5.31. The van der Waals surface area contributed by atoms with Crippen LogP contribution in [0.5, 0.6) is 5.75 Å². The van der Waals surface area contributed by atoms with Gasteiger partial charge in [0.1, 0.15) is 5.75 Å². The Bertz CT molecular complexity index is 1170. The van der Waals surface area contributed by atoms with E-state index in [2.05, 4.69) is 32.3 Å². The van der Waals surface area contributed by atoms with Crippen molar-refractivity contribution < 1.29 is 9.53 Å². The SMILES string of the molecule is COc1ccc(-n2c(S[C@H](C)C(=O)Nc3ncc(Cl)cc3Cl)nnc2[C@H](C)N2CCCCC2)cc1. The molecule has 0 radical (unpaired) electrons. The molecular formula is C24H28Cl2N6O2S. The molecule has 0 saturated carbocycles. The second-order valence-corrected chi connectivity index (χ2v) is 10.5. The van der Waals surface area contributed by atoms with Gasteiger partial charge in [0.25, 0.3) is 0 Å². The first-order valence-corrected chi connectivity index (χ1v) is 13.1. The number of pyridine rings is 1. The number of nitrogens with zero attached hydrogens (tertiary/aromatic N) is 5. The Morgan fingerprint density at radius 1 is 1.11 bits per heavy atom. The van der Waals surface area contributed by atoms with Crippen molar-refractivity contribution >= 4 is 46.7 Å². The summed E-state index contributed by atoms with van der Waals surface area (Å²) in [5.41, 5.74) is 0.909. The Labute approximate surface area is 219 Å². The zero-order chi connectivity index (χ0) is 24.9. The zero-order valence-electron chi connectivity index (χ0n) is 19.9. The van der Waals surface area contributed by atoms with Crippen molar-refractivity contribution in [2.75, 3.05) is 25.5 Å². The minimum atomic E-state index is -0.483. The maximum atomic E-state index is 12.9. The third kappa shape index (κ3) is 6.09. The largest absolute Gasteiger partial charge is 0.497 e. The molecule has 1 amide bonds. The van der Waals surface area contributed by atoms with Crippen LogP contribution in [0.25, 0.3) is 5.69 Å². The lowest BCUT2D eigenvalue weighted by atomic mass is 10.1. The van der Waals surface area contributed by atoms with Crippen LogP contribution in [0.2, 0.25) is 10.0 Å². The molecule has 2 atom stereocenters. The summed E-state index contributed by atoms with van der Waals surface area (Å²) in [5, 5.41) is 12.7.